The number of ether oxygens (including phenoxy) is 1. The topological polar surface area (TPSA) is 117 Å². The summed E-state index contributed by atoms with van der Waals surface area (Å²) in [5, 5.41) is 6.95. The Hall–Kier alpha value is -4.18. The third kappa shape index (κ3) is 6.70. The Morgan fingerprint density at radius 2 is 1.53 bits per heavy atom. The van der Waals surface area contributed by atoms with Gasteiger partial charge in [0.15, 0.2) is 0 Å². The number of hydrogen-bond donors (Lipinski definition) is 2. The Morgan fingerprint density at radius 3 is 2.08 bits per heavy atom. The van der Waals surface area contributed by atoms with Crippen LogP contribution in [0.3, 0.4) is 0 Å². The van der Waals surface area contributed by atoms with Gasteiger partial charge >= 0.3 is 0 Å². The summed E-state index contributed by atoms with van der Waals surface area (Å²) in [6, 6.07) is 21.2. The van der Waals surface area contributed by atoms with Gasteiger partial charge in [0.2, 0.25) is 10.0 Å². The third-order valence-corrected chi connectivity index (χ3v) is 6.59. The summed E-state index contributed by atoms with van der Waals surface area (Å²) in [6.07, 6.45) is 1.04. The van der Waals surface area contributed by atoms with E-state index in [9.17, 15) is 18.0 Å². The van der Waals surface area contributed by atoms with Gasteiger partial charge in [-0.25, -0.2) is 13.8 Å². The summed E-state index contributed by atoms with van der Waals surface area (Å²) < 4.78 is 31.0. The molecule has 0 aliphatic rings. The van der Waals surface area contributed by atoms with E-state index in [0.717, 1.165) is 16.1 Å². The first-order valence-corrected chi connectivity index (χ1v) is 12.9. The van der Waals surface area contributed by atoms with Crippen molar-refractivity contribution in [1.29, 1.82) is 0 Å². The number of nitrogens with zero attached hydrogens (tertiary/aromatic N) is 2. The number of methoxy groups -OCH3 is 1. The maximum Gasteiger partial charge on any atom is 0.263 e. The summed E-state index contributed by atoms with van der Waals surface area (Å²) in [4.78, 5) is 25.1. The number of sulfonamides is 1. The lowest BCUT2D eigenvalue weighted by Gasteiger charge is -2.27. The highest BCUT2D eigenvalue weighted by Gasteiger charge is 2.29. The van der Waals surface area contributed by atoms with Crippen LogP contribution in [0, 0.1) is 0 Å². The Labute approximate surface area is 210 Å². The molecule has 0 bridgehead atoms. The molecular formula is C26H28N4O5S. The minimum absolute atomic E-state index is 0.220. The van der Waals surface area contributed by atoms with E-state index in [0.29, 0.717) is 28.4 Å². The number of carbonyl (C=O) groups excluding carboxylic acids is 2. The molecule has 0 aliphatic heterocycles. The number of nitrogens with one attached hydrogen (secondary N) is 2. The van der Waals surface area contributed by atoms with E-state index in [-0.39, 0.29) is 5.91 Å². The highest BCUT2D eigenvalue weighted by Crippen LogP contribution is 2.24. The van der Waals surface area contributed by atoms with Crippen molar-refractivity contribution in [3.63, 3.8) is 0 Å². The Bertz CT molecular complexity index is 1340. The fraction of sp³-hybridized carbons (Fsp3) is 0.192. The van der Waals surface area contributed by atoms with Crippen molar-refractivity contribution in [2.45, 2.75) is 19.9 Å². The molecule has 2 amide bonds. The van der Waals surface area contributed by atoms with Crippen molar-refractivity contribution in [2.75, 3.05) is 23.0 Å². The van der Waals surface area contributed by atoms with Crippen LogP contribution in [0.25, 0.3) is 0 Å². The first-order valence-electron chi connectivity index (χ1n) is 11.0. The van der Waals surface area contributed by atoms with Crippen LogP contribution in [0.15, 0.2) is 84.0 Å². The van der Waals surface area contributed by atoms with E-state index in [1.165, 1.54) is 14.0 Å². The van der Waals surface area contributed by atoms with Gasteiger partial charge < -0.3 is 10.1 Å². The van der Waals surface area contributed by atoms with Crippen LogP contribution < -0.4 is 19.8 Å². The van der Waals surface area contributed by atoms with Crippen molar-refractivity contribution in [3.05, 3.63) is 90.0 Å². The van der Waals surface area contributed by atoms with Crippen LogP contribution in [0.4, 0.5) is 11.4 Å². The van der Waals surface area contributed by atoms with E-state index in [4.69, 9.17) is 4.74 Å². The second kappa shape index (κ2) is 11.5. The lowest BCUT2D eigenvalue weighted by Crippen LogP contribution is -2.46. The molecule has 188 valence electrons. The monoisotopic (exact) mass is 508 g/mol. The second-order valence-electron chi connectivity index (χ2n) is 8.00. The number of anilines is 2. The predicted octanol–water partition coefficient (Wildman–Crippen LogP) is 3.64. The van der Waals surface area contributed by atoms with E-state index >= 15 is 0 Å². The fourth-order valence-electron chi connectivity index (χ4n) is 3.42. The summed E-state index contributed by atoms with van der Waals surface area (Å²) in [5.74, 6) is -0.250. The molecule has 2 N–H and O–H groups in total. The van der Waals surface area contributed by atoms with Gasteiger partial charge in [-0.05, 0) is 67.9 Å². The highest BCUT2D eigenvalue weighted by atomic mass is 32.2. The molecule has 0 heterocycles. The average molecular weight is 509 g/mol. The predicted molar refractivity (Wildman–Crippen MR) is 141 cm³/mol. The van der Waals surface area contributed by atoms with Crippen LogP contribution >= 0.6 is 0 Å². The zero-order chi connectivity index (χ0) is 26.3. The molecule has 0 unspecified atom stereocenters. The number of amides is 2. The number of rotatable bonds is 9. The Morgan fingerprint density at radius 1 is 0.917 bits per heavy atom. The second-order valence-corrected chi connectivity index (χ2v) is 9.86. The van der Waals surface area contributed by atoms with Crippen LogP contribution in [-0.2, 0) is 14.8 Å². The van der Waals surface area contributed by atoms with Crippen molar-refractivity contribution < 1.29 is 22.7 Å². The molecule has 10 heteroatoms. The van der Waals surface area contributed by atoms with Gasteiger partial charge in [0.25, 0.3) is 11.8 Å². The minimum Gasteiger partial charge on any atom is -0.497 e. The molecule has 3 aromatic rings. The first kappa shape index (κ1) is 26.4. The van der Waals surface area contributed by atoms with Crippen molar-refractivity contribution >= 4 is 38.9 Å². The van der Waals surface area contributed by atoms with Gasteiger partial charge in [-0.3, -0.25) is 13.9 Å². The molecule has 1 atom stereocenters. The summed E-state index contributed by atoms with van der Waals surface area (Å²) >= 11 is 0. The third-order valence-electron chi connectivity index (χ3n) is 5.35. The highest BCUT2D eigenvalue weighted by molar-refractivity contribution is 7.92. The quantitative estimate of drug-likeness (QED) is 0.338. The standard InChI is InChI=1S/C26H28N4O5S/c1-18(20-10-12-22(13-11-20)27-26(32)21-8-6-5-7-9-21)28-29-25(31)19(2)30(36(4,33)34)23-14-16-24(35-3)17-15-23/h5-17,19H,1-4H3,(H,27,32)(H,29,31)/b28-18-/t19-/m1/s1. The molecule has 3 rings (SSSR count). The number of hydrogen-bond acceptors (Lipinski definition) is 6. The lowest BCUT2D eigenvalue weighted by molar-refractivity contribution is -0.121. The largest absolute Gasteiger partial charge is 0.497 e. The Kier molecular flexibility index (Phi) is 8.44. The molecule has 0 radical (unpaired) electrons. The molecule has 3 aromatic carbocycles. The molecule has 9 nitrogen and oxygen atoms in total. The normalized spacial score (nSPS) is 12.4. The summed E-state index contributed by atoms with van der Waals surface area (Å²) in [7, 11) is -2.25. The number of carbonyl (C=O) groups is 2. The molecule has 0 aromatic heterocycles. The Balaban J connectivity index is 1.68. The summed E-state index contributed by atoms with van der Waals surface area (Å²) in [6.45, 7) is 3.19. The summed E-state index contributed by atoms with van der Waals surface area (Å²) in [5.41, 5.74) is 5.16. The van der Waals surface area contributed by atoms with Crippen LogP contribution in [0.2, 0.25) is 0 Å². The molecular weight excluding hydrogens is 480 g/mol. The van der Waals surface area contributed by atoms with E-state index in [2.05, 4.69) is 15.8 Å². The molecule has 0 saturated carbocycles. The van der Waals surface area contributed by atoms with Gasteiger partial charge in [0.1, 0.15) is 11.8 Å². The van der Waals surface area contributed by atoms with Crippen LogP contribution in [0.1, 0.15) is 29.8 Å². The maximum absolute atomic E-state index is 12.8. The van der Waals surface area contributed by atoms with Crippen LogP contribution in [-0.4, -0.2) is 45.4 Å². The van der Waals surface area contributed by atoms with Crippen molar-refractivity contribution in [1.82, 2.24) is 5.43 Å². The van der Waals surface area contributed by atoms with E-state index in [1.54, 1.807) is 79.7 Å². The lowest BCUT2D eigenvalue weighted by atomic mass is 10.1. The average Bonchev–Trinajstić information content (AvgIpc) is 2.87. The van der Waals surface area contributed by atoms with Gasteiger partial charge in [0.05, 0.1) is 24.8 Å². The molecule has 0 fully saturated rings. The zero-order valence-electron chi connectivity index (χ0n) is 20.4. The van der Waals surface area contributed by atoms with Crippen LogP contribution in [0.5, 0.6) is 5.75 Å². The minimum atomic E-state index is -3.76. The smallest absolute Gasteiger partial charge is 0.263 e. The van der Waals surface area contributed by atoms with Crippen molar-refractivity contribution in [3.8, 4) is 5.75 Å². The van der Waals surface area contributed by atoms with Gasteiger partial charge in [-0.15, -0.1) is 0 Å². The molecule has 0 aliphatic carbocycles. The fourth-order valence-corrected chi connectivity index (χ4v) is 4.60. The SMILES string of the molecule is COc1ccc(N([C@H](C)C(=O)N/N=C(/C)c2ccc(NC(=O)c3ccccc3)cc2)S(C)(=O)=O)cc1. The van der Waals surface area contributed by atoms with Crippen molar-refractivity contribution in [2.24, 2.45) is 5.10 Å². The van der Waals surface area contributed by atoms with Gasteiger partial charge in [-0.2, -0.15) is 5.10 Å². The van der Waals surface area contributed by atoms with E-state index < -0.39 is 22.0 Å². The number of hydrazone groups is 1. The molecule has 0 spiro atoms. The van der Waals surface area contributed by atoms with Gasteiger partial charge in [-0.1, -0.05) is 30.3 Å². The number of benzene rings is 3. The molecule has 0 saturated heterocycles. The molecule has 36 heavy (non-hydrogen) atoms. The first-order chi connectivity index (χ1) is 17.1. The maximum atomic E-state index is 12.8. The van der Waals surface area contributed by atoms with Gasteiger partial charge in [0, 0.05) is 11.3 Å². The zero-order valence-corrected chi connectivity index (χ0v) is 21.2. The van der Waals surface area contributed by atoms with E-state index in [1.807, 2.05) is 6.07 Å².